The van der Waals surface area contributed by atoms with Crippen LogP contribution < -0.4 is 0 Å². The Bertz CT molecular complexity index is 251. The molecule has 0 unspecified atom stereocenters. The van der Waals surface area contributed by atoms with Crippen LogP contribution in [0.5, 0.6) is 0 Å². The number of rotatable bonds is 1. The molecule has 10 heavy (non-hydrogen) atoms. The zero-order chi connectivity index (χ0) is 7.72. The minimum absolute atomic E-state index is 0.457. The van der Waals surface area contributed by atoms with E-state index in [0.29, 0.717) is 13.7 Å². The summed E-state index contributed by atoms with van der Waals surface area (Å²) < 4.78 is 1.26. The molecule has 54 valence electrons. The number of halogens is 3. The van der Waals surface area contributed by atoms with Gasteiger partial charge in [0.1, 0.15) is 4.34 Å². The Morgan fingerprint density at radius 2 is 2.30 bits per heavy atom. The third kappa shape index (κ3) is 1.72. The molecule has 1 aromatic heterocycles. The summed E-state index contributed by atoms with van der Waals surface area (Å²) in [6, 6.07) is 1.60. The topological polar surface area (TPSA) is 17.1 Å². The molecule has 0 fully saturated rings. The van der Waals surface area contributed by atoms with Crippen LogP contribution in [-0.2, 0) is 0 Å². The number of carbonyl (C=O) groups is 1. The summed E-state index contributed by atoms with van der Waals surface area (Å²) in [6.45, 7) is 0. The van der Waals surface area contributed by atoms with Crippen LogP contribution in [0.15, 0.2) is 10.5 Å². The van der Waals surface area contributed by atoms with Crippen LogP contribution in [0.3, 0.4) is 0 Å². The van der Waals surface area contributed by atoms with Gasteiger partial charge in [-0.3, -0.25) is 4.79 Å². The Hall–Kier alpha value is 0.430. The maximum absolute atomic E-state index is 10.5. The standard InChI is InChI=1S/C5HBrCl2OS/c6-2-1-3(4(7)9)10-5(2)8/h1H. The van der Waals surface area contributed by atoms with Gasteiger partial charge >= 0.3 is 0 Å². The molecule has 0 saturated heterocycles. The molecule has 5 heteroatoms. The van der Waals surface area contributed by atoms with Crippen LogP contribution in [0.4, 0.5) is 0 Å². The fourth-order valence-corrected chi connectivity index (χ4v) is 2.15. The number of hydrogen-bond donors (Lipinski definition) is 0. The monoisotopic (exact) mass is 258 g/mol. The molecule has 0 aliphatic rings. The Morgan fingerprint density at radius 1 is 1.70 bits per heavy atom. The molecule has 1 rings (SSSR count). The van der Waals surface area contributed by atoms with Gasteiger partial charge in [-0.1, -0.05) is 11.6 Å². The van der Waals surface area contributed by atoms with Gasteiger partial charge < -0.3 is 0 Å². The highest BCUT2D eigenvalue weighted by Gasteiger charge is 2.08. The van der Waals surface area contributed by atoms with Crippen molar-refractivity contribution < 1.29 is 4.79 Å². The zero-order valence-corrected chi connectivity index (χ0v) is 8.44. The van der Waals surface area contributed by atoms with E-state index in [1.807, 2.05) is 0 Å². The normalized spacial score (nSPS) is 9.90. The van der Waals surface area contributed by atoms with Crippen molar-refractivity contribution in [3.05, 3.63) is 19.8 Å². The van der Waals surface area contributed by atoms with Gasteiger partial charge in [0.05, 0.1) is 4.88 Å². The molecular weight excluding hydrogens is 259 g/mol. The fourth-order valence-electron chi connectivity index (χ4n) is 0.443. The van der Waals surface area contributed by atoms with Crippen molar-refractivity contribution in [1.29, 1.82) is 0 Å². The van der Waals surface area contributed by atoms with E-state index < -0.39 is 5.24 Å². The Kier molecular flexibility index (Phi) is 2.74. The van der Waals surface area contributed by atoms with Crippen molar-refractivity contribution in [2.45, 2.75) is 0 Å². The van der Waals surface area contributed by atoms with Crippen molar-refractivity contribution in [2.24, 2.45) is 0 Å². The van der Waals surface area contributed by atoms with Crippen molar-refractivity contribution in [1.82, 2.24) is 0 Å². The summed E-state index contributed by atoms with van der Waals surface area (Å²) in [6.07, 6.45) is 0. The molecule has 0 radical (unpaired) electrons. The van der Waals surface area contributed by atoms with Gasteiger partial charge in [0.25, 0.3) is 5.24 Å². The van der Waals surface area contributed by atoms with Crippen LogP contribution in [0.25, 0.3) is 0 Å². The van der Waals surface area contributed by atoms with E-state index in [9.17, 15) is 4.79 Å². The molecule has 1 aromatic rings. The first-order valence-corrected chi connectivity index (χ1v) is 4.62. The van der Waals surface area contributed by atoms with Gasteiger partial charge in [0.15, 0.2) is 0 Å². The second kappa shape index (κ2) is 3.22. The highest BCUT2D eigenvalue weighted by atomic mass is 79.9. The molecule has 0 atom stereocenters. The molecule has 0 N–H and O–H groups in total. The molecule has 0 spiro atoms. The maximum atomic E-state index is 10.5. The van der Waals surface area contributed by atoms with Crippen LogP contribution in [0, 0.1) is 0 Å². The fraction of sp³-hybridized carbons (Fsp3) is 0. The second-order valence-electron chi connectivity index (χ2n) is 1.51. The van der Waals surface area contributed by atoms with E-state index in [2.05, 4.69) is 15.9 Å². The van der Waals surface area contributed by atoms with Crippen molar-refractivity contribution in [3.8, 4) is 0 Å². The van der Waals surface area contributed by atoms with Crippen LogP contribution >= 0.6 is 50.5 Å². The first kappa shape index (κ1) is 8.53. The maximum Gasteiger partial charge on any atom is 0.262 e. The second-order valence-corrected chi connectivity index (χ2v) is 4.36. The summed E-state index contributed by atoms with van der Waals surface area (Å²) >= 11 is 15.1. The van der Waals surface area contributed by atoms with Gasteiger partial charge in [-0.2, -0.15) is 0 Å². The molecule has 0 bridgehead atoms. The van der Waals surface area contributed by atoms with Gasteiger partial charge in [0, 0.05) is 4.47 Å². The largest absolute Gasteiger partial charge is 0.275 e. The summed E-state index contributed by atoms with van der Waals surface area (Å²) in [5.74, 6) is 0. The quantitative estimate of drug-likeness (QED) is 0.705. The molecule has 0 aromatic carbocycles. The van der Waals surface area contributed by atoms with E-state index in [0.717, 1.165) is 11.3 Å². The van der Waals surface area contributed by atoms with E-state index in [1.54, 1.807) is 6.07 Å². The van der Waals surface area contributed by atoms with E-state index in [-0.39, 0.29) is 0 Å². The average molecular weight is 260 g/mol. The lowest BCUT2D eigenvalue weighted by Gasteiger charge is -1.77. The third-order valence-corrected chi connectivity index (χ3v) is 3.63. The van der Waals surface area contributed by atoms with Gasteiger partial charge in [0.2, 0.25) is 0 Å². The average Bonchev–Trinajstić information content (AvgIpc) is 2.13. The van der Waals surface area contributed by atoms with E-state index in [1.165, 1.54) is 0 Å². The number of thiophene rings is 1. The lowest BCUT2D eigenvalue weighted by Crippen LogP contribution is -1.78. The van der Waals surface area contributed by atoms with Crippen molar-refractivity contribution in [3.63, 3.8) is 0 Å². The van der Waals surface area contributed by atoms with Gasteiger partial charge in [-0.25, -0.2) is 0 Å². The third-order valence-electron chi connectivity index (χ3n) is 0.839. The van der Waals surface area contributed by atoms with Gasteiger partial charge in [-0.05, 0) is 33.6 Å². The number of carbonyl (C=O) groups excluding carboxylic acids is 1. The summed E-state index contributed by atoms with van der Waals surface area (Å²) in [5, 5.41) is -0.474. The first-order valence-electron chi connectivity index (χ1n) is 2.26. The summed E-state index contributed by atoms with van der Waals surface area (Å²) in [4.78, 5) is 11.0. The number of hydrogen-bond acceptors (Lipinski definition) is 2. The van der Waals surface area contributed by atoms with Crippen LogP contribution in [0.1, 0.15) is 9.67 Å². The lowest BCUT2D eigenvalue weighted by molar-refractivity contribution is 0.108. The Labute approximate surface area is 80.1 Å². The SMILES string of the molecule is O=C(Cl)c1cc(Br)c(Cl)s1. The minimum atomic E-state index is -0.474. The molecule has 0 aliphatic carbocycles. The predicted molar refractivity (Wildman–Crippen MR) is 47.2 cm³/mol. The Morgan fingerprint density at radius 3 is 2.50 bits per heavy atom. The molecule has 0 amide bonds. The smallest absolute Gasteiger partial charge is 0.262 e. The summed E-state index contributed by atoms with van der Waals surface area (Å²) in [7, 11) is 0. The molecule has 1 heterocycles. The molecule has 0 saturated carbocycles. The highest BCUT2D eigenvalue weighted by molar-refractivity contribution is 9.10. The molecule has 0 aliphatic heterocycles. The van der Waals surface area contributed by atoms with Crippen molar-refractivity contribution >= 4 is 55.7 Å². The van der Waals surface area contributed by atoms with E-state index >= 15 is 0 Å². The van der Waals surface area contributed by atoms with Gasteiger partial charge in [-0.15, -0.1) is 11.3 Å². The van der Waals surface area contributed by atoms with Crippen molar-refractivity contribution in [2.75, 3.05) is 0 Å². The van der Waals surface area contributed by atoms with Crippen LogP contribution in [-0.4, -0.2) is 5.24 Å². The molecular formula is C5HBrCl2OS. The summed E-state index contributed by atoms with van der Waals surface area (Å²) in [5.41, 5.74) is 0. The minimum Gasteiger partial charge on any atom is -0.275 e. The zero-order valence-electron chi connectivity index (χ0n) is 4.53. The molecule has 1 nitrogen and oxygen atoms in total. The van der Waals surface area contributed by atoms with E-state index in [4.69, 9.17) is 23.2 Å². The lowest BCUT2D eigenvalue weighted by atomic mass is 10.5. The highest BCUT2D eigenvalue weighted by Crippen LogP contribution is 2.32. The first-order chi connectivity index (χ1) is 4.61. The van der Waals surface area contributed by atoms with Crippen LogP contribution in [0.2, 0.25) is 4.34 Å². The predicted octanol–water partition coefficient (Wildman–Crippen LogP) is 3.54. The Balaban J connectivity index is 3.10.